The van der Waals surface area contributed by atoms with Crippen LogP contribution in [0.15, 0.2) is 18.2 Å². The molecule has 0 radical (unpaired) electrons. The molecule has 0 unspecified atom stereocenters. The Balaban J connectivity index is 0.000000606. The molecule has 1 aromatic carbocycles. The molecule has 4 nitrogen and oxygen atoms in total. The van der Waals surface area contributed by atoms with Crippen molar-refractivity contribution in [3.63, 3.8) is 0 Å². The van der Waals surface area contributed by atoms with Crippen LogP contribution in [-0.2, 0) is 4.74 Å². The van der Waals surface area contributed by atoms with E-state index < -0.39 is 0 Å². The maximum Gasteiger partial charge on any atom is 0.337 e. The highest BCUT2D eigenvalue weighted by Crippen LogP contribution is 2.13. The fraction of sp³-hybridized carbons (Fsp3) is 0.333. The molecular weight excluding hydrogens is 204 g/mol. The van der Waals surface area contributed by atoms with E-state index in [1.807, 2.05) is 20.8 Å². The van der Waals surface area contributed by atoms with Crippen LogP contribution < -0.4 is 0 Å². The largest absolute Gasteiger partial charge is 0.465 e. The van der Waals surface area contributed by atoms with E-state index >= 15 is 0 Å². The molecule has 1 N–H and O–H groups in total. The first kappa shape index (κ1) is 12.2. The number of benzene rings is 1. The molecule has 0 aliphatic heterocycles. The van der Waals surface area contributed by atoms with Gasteiger partial charge in [0.2, 0.25) is 0 Å². The van der Waals surface area contributed by atoms with Crippen LogP contribution in [0.4, 0.5) is 0 Å². The summed E-state index contributed by atoms with van der Waals surface area (Å²) in [6.45, 7) is 5.87. The smallest absolute Gasteiger partial charge is 0.337 e. The third-order valence-electron chi connectivity index (χ3n) is 2.02. The number of ether oxygens (including phenoxy) is 1. The molecule has 0 saturated heterocycles. The second-order valence-electron chi connectivity index (χ2n) is 3.05. The van der Waals surface area contributed by atoms with Crippen LogP contribution in [0.25, 0.3) is 11.0 Å². The zero-order chi connectivity index (χ0) is 12.1. The van der Waals surface area contributed by atoms with Gasteiger partial charge < -0.3 is 9.72 Å². The van der Waals surface area contributed by atoms with E-state index in [-0.39, 0.29) is 5.97 Å². The summed E-state index contributed by atoms with van der Waals surface area (Å²) in [6.07, 6.45) is 0. The monoisotopic (exact) mass is 220 g/mol. The van der Waals surface area contributed by atoms with Crippen LogP contribution in [0.2, 0.25) is 0 Å². The number of carbonyl (C=O) groups is 1. The lowest BCUT2D eigenvalue weighted by Crippen LogP contribution is -2.00. The van der Waals surface area contributed by atoms with Gasteiger partial charge in [0, 0.05) is 0 Å². The van der Waals surface area contributed by atoms with Crippen molar-refractivity contribution in [3.05, 3.63) is 29.6 Å². The van der Waals surface area contributed by atoms with Gasteiger partial charge in [-0.3, -0.25) is 0 Å². The summed E-state index contributed by atoms with van der Waals surface area (Å²) >= 11 is 0. The van der Waals surface area contributed by atoms with E-state index in [1.165, 1.54) is 7.11 Å². The average molecular weight is 220 g/mol. The Bertz CT molecular complexity index is 489. The number of rotatable bonds is 1. The van der Waals surface area contributed by atoms with Gasteiger partial charge in [0.15, 0.2) is 0 Å². The normalized spacial score (nSPS) is 9.50. The molecule has 0 bridgehead atoms. The number of imidazole rings is 1. The van der Waals surface area contributed by atoms with Crippen LogP contribution in [0.5, 0.6) is 0 Å². The Labute approximate surface area is 94.6 Å². The van der Waals surface area contributed by atoms with Gasteiger partial charge in [-0.15, -0.1) is 0 Å². The first-order valence-electron chi connectivity index (χ1n) is 5.25. The second kappa shape index (κ2) is 5.30. The predicted octanol–water partition coefficient (Wildman–Crippen LogP) is 2.68. The molecule has 1 heterocycles. The van der Waals surface area contributed by atoms with Gasteiger partial charge >= 0.3 is 5.97 Å². The third kappa shape index (κ3) is 2.39. The summed E-state index contributed by atoms with van der Waals surface area (Å²) in [5, 5.41) is 0. The molecule has 0 saturated carbocycles. The van der Waals surface area contributed by atoms with Crippen molar-refractivity contribution in [1.82, 2.24) is 9.97 Å². The van der Waals surface area contributed by atoms with Gasteiger partial charge in [0.1, 0.15) is 5.82 Å². The van der Waals surface area contributed by atoms with Crippen molar-refractivity contribution in [3.8, 4) is 0 Å². The van der Waals surface area contributed by atoms with E-state index in [0.29, 0.717) is 5.56 Å². The minimum Gasteiger partial charge on any atom is -0.465 e. The van der Waals surface area contributed by atoms with Gasteiger partial charge in [-0.1, -0.05) is 13.8 Å². The number of methoxy groups -OCH3 is 1. The summed E-state index contributed by atoms with van der Waals surface area (Å²) in [6, 6.07) is 5.24. The number of fused-ring (bicyclic) bond motifs is 1. The highest BCUT2D eigenvalue weighted by molar-refractivity contribution is 5.93. The van der Waals surface area contributed by atoms with E-state index in [1.54, 1.807) is 18.2 Å². The van der Waals surface area contributed by atoms with Crippen molar-refractivity contribution in [2.75, 3.05) is 7.11 Å². The van der Waals surface area contributed by atoms with Gasteiger partial charge in [-0.2, -0.15) is 0 Å². The summed E-state index contributed by atoms with van der Waals surface area (Å²) in [5.41, 5.74) is 2.24. The lowest BCUT2D eigenvalue weighted by atomic mass is 10.2. The lowest BCUT2D eigenvalue weighted by molar-refractivity contribution is 0.0601. The standard InChI is InChI=1S/C10H10N2O2.C2H6/c1-6-11-8-4-3-7(10(13)14-2)5-9(8)12-6;1-2/h3-5H,1-2H3,(H,11,12);1-2H3. The van der Waals surface area contributed by atoms with Gasteiger partial charge in [0.25, 0.3) is 0 Å². The predicted molar refractivity (Wildman–Crippen MR) is 63.5 cm³/mol. The first-order chi connectivity index (χ1) is 7.70. The van der Waals surface area contributed by atoms with Crippen LogP contribution in [-0.4, -0.2) is 23.0 Å². The number of esters is 1. The Morgan fingerprint density at radius 2 is 2.06 bits per heavy atom. The molecule has 86 valence electrons. The van der Waals surface area contributed by atoms with E-state index in [9.17, 15) is 4.79 Å². The van der Waals surface area contributed by atoms with Gasteiger partial charge in [-0.25, -0.2) is 9.78 Å². The van der Waals surface area contributed by atoms with E-state index in [4.69, 9.17) is 0 Å². The number of aryl methyl sites for hydroxylation is 1. The van der Waals surface area contributed by atoms with Crippen LogP contribution in [0, 0.1) is 6.92 Å². The van der Waals surface area contributed by atoms with Crippen LogP contribution in [0.3, 0.4) is 0 Å². The molecule has 16 heavy (non-hydrogen) atoms. The van der Waals surface area contributed by atoms with Crippen molar-refractivity contribution >= 4 is 17.0 Å². The summed E-state index contributed by atoms with van der Waals surface area (Å²) in [7, 11) is 1.37. The van der Waals surface area contributed by atoms with Crippen LogP contribution >= 0.6 is 0 Å². The quantitative estimate of drug-likeness (QED) is 0.752. The molecule has 4 heteroatoms. The molecule has 0 spiro atoms. The molecule has 2 aromatic rings. The van der Waals surface area contributed by atoms with Crippen molar-refractivity contribution in [2.45, 2.75) is 20.8 Å². The summed E-state index contributed by atoms with van der Waals surface area (Å²) in [4.78, 5) is 18.5. The fourth-order valence-corrected chi connectivity index (χ4v) is 1.38. The van der Waals surface area contributed by atoms with Crippen LogP contribution in [0.1, 0.15) is 30.0 Å². The number of carbonyl (C=O) groups excluding carboxylic acids is 1. The maximum absolute atomic E-state index is 11.2. The van der Waals surface area contributed by atoms with Crippen molar-refractivity contribution < 1.29 is 9.53 Å². The SMILES string of the molecule is CC.COC(=O)c1ccc2nc(C)[nH]c2c1. The lowest BCUT2D eigenvalue weighted by Gasteiger charge is -1.97. The fourth-order valence-electron chi connectivity index (χ4n) is 1.38. The second-order valence-corrected chi connectivity index (χ2v) is 3.05. The zero-order valence-corrected chi connectivity index (χ0v) is 10.00. The number of nitrogens with one attached hydrogen (secondary N) is 1. The highest BCUT2D eigenvalue weighted by atomic mass is 16.5. The molecule has 1 aromatic heterocycles. The Kier molecular flexibility index (Phi) is 4.05. The number of hydrogen-bond acceptors (Lipinski definition) is 3. The number of hydrogen-bond donors (Lipinski definition) is 1. The molecule has 0 amide bonds. The maximum atomic E-state index is 11.2. The van der Waals surface area contributed by atoms with Crippen molar-refractivity contribution in [2.24, 2.45) is 0 Å². The van der Waals surface area contributed by atoms with E-state index in [0.717, 1.165) is 16.9 Å². The van der Waals surface area contributed by atoms with E-state index in [2.05, 4.69) is 14.7 Å². The Morgan fingerprint density at radius 1 is 1.38 bits per heavy atom. The van der Waals surface area contributed by atoms with Gasteiger partial charge in [-0.05, 0) is 25.1 Å². The number of aromatic nitrogens is 2. The highest BCUT2D eigenvalue weighted by Gasteiger charge is 2.07. The molecule has 0 aliphatic rings. The average Bonchev–Trinajstić information content (AvgIpc) is 2.69. The topological polar surface area (TPSA) is 55.0 Å². The number of nitrogens with zero attached hydrogens (tertiary/aromatic N) is 1. The minimum absolute atomic E-state index is 0.334. The molecule has 0 atom stereocenters. The Hall–Kier alpha value is -1.84. The molecule has 0 fully saturated rings. The Morgan fingerprint density at radius 3 is 2.69 bits per heavy atom. The van der Waals surface area contributed by atoms with Gasteiger partial charge in [0.05, 0.1) is 23.7 Å². The first-order valence-corrected chi connectivity index (χ1v) is 5.25. The molecule has 2 rings (SSSR count). The third-order valence-corrected chi connectivity index (χ3v) is 2.02. The number of H-pyrrole nitrogens is 1. The molecule has 0 aliphatic carbocycles. The number of aromatic amines is 1. The minimum atomic E-state index is -0.334. The molecular formula is C12H16N2O2. The zero-order valence-electron chi connectivity index (χ0n) is 10.00. The van der Waals surface area contributed by atoms with Crippen molar-refractivity contribution in [1.29, 1.82) is 0 Å². The summed E-state index contributed by atoms with van der Waals surface area (Å²) in [5.74, 6) is 0.501. The summed E-state index contributed by atoms with van der Waals surface area (Å²) < 4.78 is 4.62.